The summed E-state index contributed by atoms with van der Waals surface area (Å²) in [7, 11) is 0. The number of hydrogen-bond acceptors (Lipinski definition) is 3. The Balaban J connectivity index is 2.55. The molecule has 19 heavy (non-hydrogen) atoms. The predicted octanol–water partition coefficient (Wildman–Crippen LogP) is 2.03. The van der Waals surface area contributed by atoms with Crippen LogP contribution in [0.15, 0.2) is 30.3 Å². The van der Waals surface area contributed by atoms with Crippen LogP contribution in [0.2, 0.25) is 0 Å². The number of rotatable bonds is 5. The van der Waals surface area contributed by atoms with Crippen LogP contribution >= 0.6 is 0 Å². The van der Waals surface area contributed by atoms with Gasteiger partial charge in [0.05, 0.1) is 0 Å². The third-order valence-corrected chi connectivity index (χ3v) is 2.37. The lowest BCUT2D eigenvalue weighted by Gasteiger charge is -2.20. The Hall–Kier alpha value is -2.04. The van der Waals surface area contributed by atoms with Crippen molar-refractivity contribution in [3.63, 3.8) is 0 Å². The molecule has 0 aliphatic carbocycles. The second-order valence-electron chi connectivity index (χ2n) is 4.42. The first-order valence-electron chi connectivity index (χ1n) is 6.34. The molecular weight excluding hydrogens is 244 g/mol. The van der Waals surface area contributed by atoms with Gasteiger partial charge >= 0.3 is 6.09 Å². The molecule has 0 aliphatic heterocycles. The SMILES string of the molecule is CCN(CC(=O)NC(C)C)C(=O)Oc1ccccc1. The third-order valence-electron chi connectivity index (χ3n) is 2.37. The van der Waals surface area contributed by atoms with Gasteiger partial charge in [-0.15, -0.1) is 0 Å². The number of amides is 2. The van der Waals surface area contributed by atoms with Gasteiger partial charge in [-0.05, 0) is 32.9 Å². The molecule has 0 heterocycles. The summed E-state index contributed by atoms with van der Waals surface area (Å²) in [6.07, 6.45) is -0.521. The molecule has 104 valence electrons. The molecule has 0 bridgehead atoms. The van der Waals surface area contributed by atoms with Crippen LogP contribution in [0.5, 0.6) is 5.75 Å². The lowest BCUT2D eigenvalue weighted by molar-refractivity contribution is -0.122. The number of benzene rings is 1. The number of nitrogens with zero attached hydrogens (tertiary/aromatic N) is 1. The van der Waals surface area contributed by atoms with Crippen molar-refractivity contribution in [2.45, 2.75) is 26.8 Å². The van der Waals surface area contributed by atoms with E-state index in [1.807, 2.05) is 19.9 Å². The molecule has 0 fully saturated rings. The summed E-state index contributed by atoms with van der Waals surface area (Å²) in [4.78, 5) is 24.9. The molecule has 0 atom stereocenters. The van der Waals surface area contributed by atoms with Crippen molar-refractivity contribution in [1.29, 1.82) is 0 Å². The van der Waals surface area contributed by atoms with E-state index in [1.165, 1.54) is 4.90 Å². The highest BCUT2D eigenvalue weighted by atomic mass is 16.6. The number of hydrogen-bond donors (Lipinski definition) is 1. The summed E-state index contributed by atoms with van der Waals surface area (Å²) in [5, 5.41) is 2.74. The molecule has 0 aliphatic rings. The highest BCUT2D eigenvalue weighted by Crippen LogP contribution is 2.10. The van der Waals surface area contributed by atoms with Gasteiger partial charge in [-0.3, -0.25) is 9.69 Å². The molecule has 0 radical (unpaired) electrons. The van der Waals surface area contributed by atoms with Crippen molar-refractivity contribution in [2.75, 3.05) is 13.1 Å². The van der Waals surface area contributed by atoms with E-state index in [2.05, 4.69) is 5.32 Å². The number of para-hydroxylation sites is 1. The molecule has 0 saturated carbocycles. The van der Waals surface area contributed by atoms with Crippen molar-refractivity contribution < 1.29 is 14.3 Å². The minimum absolute atomic E-state index is 0.000344. The van der Waals surface area contributed by atoms with E-state index in [4.69, 9.17) is 4.74 Å². The molecular formula is C14H20N2O3. The van der Waals surface area contributed by atoms with Gasteiger partial charge in [0.25, 0.3) is 0 Å². The van der Waals surface area contributed by atoms with E-state index < -0.39 is 6.09 Å². The van der Waals surface area contributed by atoms with Gasteiger partial charge in [0.1, 0.15) is 12.3 Å². The van der Waals surface area contributed by atoms with Crippen LogP contribution in [-0.4, -0.2) is 36.0 Å². The number of likely N-dealkylation sites (N-methyl/N-ethyl adjacent to an activating group) is 1. The third kappa shape index (κ3) is 5.42. The quantitative estimate of drug-likeness (QED) is 0.885. The van der Waals surface area contributed by atoms with E-state index >= 15 is 0 Å². The Bertz CT molecular complexity index is 418. The number of ether oxygens (including phenoxy) is 1. The molecule has 1 N–H and O–H groups in total. The van der Waals surface area contributed by atoms with E-state index in [1.54, 1.807) is 31.2 Å². The molecule has 5 nitrogen and oxygen atoms in total. The van der Waals surface area contributed by atoms with E-state index in [0.717, 1.165) is 0 Å². The number of nitrogens with one attached hydrogen (secondary N) is 1. The van der Waals surface area contributed by atoms with E-state index in [9.17, 15) is 9.59 Å². The zero-order valence-electron chi connectivity index (χ0n) is 11.6. The Kier molecular flexibility index (Phi) is 5.85. The second-order valence-corrected chi connectivity index (χ2v) is 4.42. The van der Waals surface area contributed by atoms with Gasteiger partial charge in [-0.25, -0.2) is 4.79 Å². The van der Waals surface area contributed by atoms with Crippen LogP contribution in [0.4, 0.5) is 4.79 Å². The largest absolute Gasteiger partial charge is 0.415 e. The lowest BCUT2D eigenvalue weighted by atomic mass is 10.3. The van der Waals surface area contributed by atoms with Crippen molar-refractivity contribution in [3.05, 3.63) is 30.3 Å². The van der Waals surface area contributed by atoms with Crippen LogP contribution in [-0.2, 0) is 4.79 Å². The minimum Gasteiger partial charge on any atom is -0.410 e. The van der Waals surface area contributed by atoms with E-state index in [0.29, 0.717) is 12.3 Å². The zero-order valence-corrected chi connectivity index (χ0v) is 11.6. The van der Waals surface area contributed by atoms with Gasteiger partial charge in [0.15, 0.2) is 0 Å². The zero-order chi connectivity index (χ0) is 14.3. The highest BCUT2D eigenvalue weighted by Gasteiger charge is 2.17. The first kappa shape index (κ1) is 15.0. The predicted molar refractivity (Wildman–Crippen MR) is 73.0 cm³/mol. The van der Waals surface area contributed by atoms with Crippen molar-refractivity contribution in [2.24, 2.45) is 0 Å². The molecule has 1 aromatic rings. The first-order valence-corrected chi connectivity index (χ1v) is 6.34. The van der Waals surface area contributed by atoms with Crippen LogP contribution in [0.25, 0.3) is 0 Å². The van der Waals surface area contributed by atoms with Crippen LogP contribution in [0, 0.1) is 0 Å². The molecule has 1 aromatic carbocycles. The maximum Gasteiger partial charge on any atom is 0.415 e. The summed E-state index contributed by atoms with van der Waals surface area (Å²) in [6.45, 7) is 5.96. The number of carbonyl (C=O) groups is 2. The van der Waals surface area contributed by atoms with E-state index in [-0.39, 0.29) is 18.5 Å². The van der Waals surface area contributed by atoms with Gasteiger partial charge in [0, 0.05) is 12.6 Å². The maximum absolute atomic E-state index is 11.9. The van der Waals surface area contributed by atoms with Crippen LogP contribution < -0.4 is 10.1 Å². The van der Waals surface area contributed by atoms with Gasteiger partial charge in [-0.2, -0.15) is 0 Å². The molecule has 0 unspecified atom stereocenters. The molecule has 0 aromatic heterocycles. The monoisotopic (exact) mass is 264 g/mol. The minimum atomic E-state index is -0.521. The molecule has 1 rings (SSSR count). The summed E-state index contributed by atoms with van der Waals surface area (Å²) >= 11 is 0. The Morgan fingerprint density at radius 2 is 1.89 bits per heavy atom. The van der Waals surface area contributed by atoms with Crippen molar-refractivity contribution in [3.8, 4) is 5.75 Å². The van der Waals surface area contributed by atoms with Gasteiger partial charge < -0.3 is 10.1 Å². The van der Waals surface area contributed by atoms with Crippen molar-refractivity contribution in [1.82, 2.24) is 10.2 Å². The Morgan fingerprint density at radius 3 is 2.42 bits per heavy atom. The fourth-order valence-electron chi connectivity index (χ4n) is 1.50. The smallest absolute Gasteiger partial charge is 0.410 e. The topological polar surface area (TPSA) is 58.6 Å². The summed E-state index contributed by atoms with van der Waals surface area (Å²) < 4.78 is 5.18. The van der Waals surface area contributed by atoms with Gasteiger partial charge in [0.2, 0.25) is 5.91 Å². The Morgan fingerprint density at radius 1 is 1.26 bits per heavy atom. The normalized spacial score (nSPS) is 10.1. The summed E-state index contributed by atoms with van der Waals surface area (Å²) in [6, 6.07) is 8.84. The fourth-order valence-corrected chi connectivity index (χ4v) is 1.50. The number of carbonyl (C=O) groups excluding carboxylic acids is 2. The second kappa shape index (κ2) is 7.41. The molecule has 0 spiro atoms. The molecule has 2 amide bonds. The first-order chi connectivity index (χ1) is 9.02. The standard InChI is InChI=1S/C14H20N2O3/c1-4-16(10-13(17)15-11(2)3)14(18)19-12-8-6-5-7-9-12/h5-9,11H,4,10H2,1-3H3,(H,15,17). The average molecular weight is 264 g/mol. The lowest BCUT2D eigenvalue weighted by Crippen LogP contribution is -2.43. The highest BCUT2D eigenvalue weighted by molar-refractivity contribution is 5.82. The van der Waals surface area contributed by atoms with Crippen molar-refractivity contribution >= 4 is 12.0 Å². The summed E-state index contributed by atoms with van der Waals surface area (Å²) in [5.74, 6) is 0.275. The maximum atomic E-state index is 11.9. The van der Waals surface area contributed by atoms with Gasteiger partial charge in [-0.1, -0.05) is 18.2 Å². The fraction of sp³-hybridized carbons (Fsp3) is 0.429. The summed E-state index contributed by atoms with van der Waals surface area (Å²) in [5.41, 5.74) is 0. The van der Waals surface area contributed by atoms with Crippen LogP contribution in [0.3, 0.4) is 0 Å². The average Bonchev–Trinajstić information content (AvgIpc) is 2.36. The molecule has 0 saturated heterocycles. The molecule has 5 heteroatoms. The Labute approximate surface area is 113 Å². The van der Waals surface area contributed by atoms with Crippen LogP contribution in [0.1, 0.15) is 20.8 Å².